The van der Waals surface area contributed by atoms with E-state index in [1.165, 1.54) is 11.3 Å². The molecule has 2 aliphatic rings. The molecule has 1 aromatic carbocycles. The van der Waals surface area contributed by atoms with Gasteiger partial charge in [-0.25, -0.2) is 0 Å². The van der Waals surface area contributed by atoms with Crippen LogP contribution in [0.25, 0.3) is 0 Å². The Balaban J connectivity index is 1.85. The fraction of sp³-hybridized carbons (Fsp3) is 0.455. The minimum absolute atomic E-state index is 0.266. The molecule has 14 heavy (non-hydrogen) atoms. The Morgan fingerprint density at radius 3 is 3.07 bits per heavy atom. The first-order valence-electron chi connectivity index (χ1n) is 5.03. The van der Waals surface area contributed by atoms with Crippen LogP contribution in [0.4, 0.5) is 5.69 Å². The van der Waals surface area contributed by atoms with E-state index in [4.69, 9.17) is 9.47 Å². The highest BCUT2D eigenvalue weighted by molar-refractivity contribution is 5.61. The van der Waals surface area contributed by atoms with Crippen molar-refractivity contribution in [3.8, 4) is 5.75 Å². The lowest BCUT2D eigenvalue weighted by molar-refractivity contribution is -0.0799. The standard InChI is InChI=1S/C11H13NO2/c1-2-10-9(4-5-12-10)11(3-1)14-8-6-13-7-8/h1-3,8,12H,4-7H2. The van der Waals surface area contributed by atoms with Crippen LogP contribution in [-0.4, -0.2) is 25.9 Å². The van der Waals surface area contributed by atoms with Crippen LogP contribution < -0.4 is 10.1 Å². The summed E-state index contributed by atoms with van der Waals surface area (Å²) >= 11 is 0. The highest BCUT2D eigenvalue weighted by atomic mass is 16.6. The summed E-state index contributed by atoms with van der Waals surface area (Å²) in [4.78, 5) is 0. The molecule has 3 rings (SSSR count). The molecule has 1 aromatic rings. The molecule has 3 heteroatoms. The van der Waals surface area contributed by atoms with Crippen LogP contribution in [0.2, 0.25) is 0 Å². The molecule has 0 aliphatic carbocycles. The Hall–Kier alpha value is -1.22. The molecule has 74 valence electrons. The summed E-state index contributed by atoms with van der Waals surface area (Å²) in [6, 6.07) is 6.18. The van der Waals surface area contributed by atoms with Gasteiger partial charge in [0, 0.05) is 17.8 Å². The van der Waals surface area contributed by atoms with E-state index in [9.17, 15) is 0 Å². The van der Waals surface area contributed by atoms with Crippen molar-refractivity contribution in [1.29, 1.82) is 0 Å². The van der Waals surface area contributed by atoms with Gasteiger partial charge in [0.05, 0.1) is 13.2 Å². The van der Waals surface area contributed by atoms with E-state index in [1.807, 2.05) is 12.1 Å². The van der Waals surface area contributed by atoms with Crippen LogP contribution in [-0.2, 0) is 11.2 Å². The number of benzene rings is 1. The van der Waals surface area contributed by atoms with Crippen molar-refractivity contribution in [2.24, 2.45) is 0 Å². The third-order valence-corrected chi connectivity index (χ3v) is 2.72. The molecule has 0 bridgehead atoms. The molecule has 0 atom stereocenters. The maximum atomic E-state index is 5.83. The van der Waals surface area contributed by atoms with Crippen molar-refractivity contribution >= 4 is 5.69 Å². The van der Waals surface area contributed by atoms with Gasteiger partial charge in [-0.1, -0.05) is 6.07 Å². The number of anilines is 1. The predicted octanol–water partition coefficient (Wildman–Crippen LogP) is 1.43. The molecule has 0 amide bonds. The van der Waals surface area contributed by atoms with Crippen molar-refractivity contribution in [2.75, 3.05) is 25.1 Å². The van der Waals surface area contributed by atoms with Gasteiger partial charge in [-0.05, 0) is 18.6 Å². The molecular formula is C11H13NO2. The fourth-order valence-electron chi connectivity index (χ4n) is 1.88. The molecule has 2 heterocycles. The Labute approximate surface area is 83.0 Å². The fourth-order valence-corrected chi connectivity index (χ4v) is 1.88. The maximum absolute atomic E-state index is 5.83. The molecule has 1 saturated heterocycles. The second-order valence-corrected chi connectivity index (χ2v) is 3.74. The number of hydrogen-bond donors (Lipinski definition) is 1. The summed E-state index contributed by atoms with van der Waals surface area (Å²) < 4.78 is 10.9. The second kappa shape index (κ2) is 3.17. The molecule has 1 fully saturated rings. The van der Waals surface area contributed by atoms with E-state index < -0.39 is 0 Å². The topological polar surface area (TPSA) is 30.5 Å². The third-order valence-electron chi connectivity index (χ3n) is 2.72. The van der Waals surface area contributed by atoms with E-state index in [0.717, 1.165) is 31.9 Å². The van der Waals surface area contributed by atoms with Crippen LogP contribution in [0.5, 0.6) is 5.75 Å². The van der Waals surface area contributed by atoms with Crippen LogP contribution in [0, 0.1) is 0 Å². The van der Waals surface area contributed by atoms with E-state index in [1.54, 1.807) is 0 Å². The van der Waals surface area contributed by atoms with Crippen molar-refractivity contribution in [3.63, 3.8) is 0 Å². The van der Waals surface area contributed by atoms with Gasteiger partial charge >= 0.3 is 0 Å². The zero-order valence-corrected chi connectivity index (χ0v) is 7.95. The predicted molar refractivity (Wildman–Crippen MR) is 53.9 cm³/mol. The summed E-state index contributed by atoms with van der Waals surface area (Å²) in [5.41, 5.74) is 2.54. The van der Waals surface area contributed by atoms with E-state index in [0.29, 0.717) is 0 Å². The highest BCUT2D eigenvalue weighted by Crippen LogP contribution is 2.32. The first-order chi connectivity index (χ1) is 6.93. The number of rotatable bonds is 2. The SMILES string of the molecule is c1cc2c(c(OC3COC3)c1)CCN2. The summed E-state index contributed by atoms with van der Waals surface area (Å²) in [5.74, 6) is 1.03. The molecule has 1 N–H and O–H groups in total. The van der Waals surface area contributed by atoms with Crippen molar-refractivity contribution in [3.05, 3.63) is 23.8 Å². The quantitative estimate of drug-likeness (QED) is 0.767. The molecule has 0 aromatic heterocycles. The number of hydrogen-bond acceptors (Lipinski definition) is 3. The van der Waals surface area contributed by atoms with Crippen molar-refractivity contribution in [2.45, 2.75) is 12.5 Å². The average molecular weight is 191 g/mol. The molecule has 0 radical (unpaired) electrons. The van der Waals surface area contributed by atoms with Crippen LogP contribution in [0.15, 0.2) is 18.2 Å². The smallest absolute Gasteiger partial charge is 0.145 e. The van der Waals surface area contributed by atoms with Gasteiger partial charge in [0.2, 0.25) is 0 Å². The second-order valence-electron chi connectivity index (χ2n) is 3.74. The zero-order valence-electron chi connectivity index (χ0n) is 7.95. The number of fused-ring (bicyclic) bond motifs is 1. The van der Waals surface area contributed by atoms with Gasteiger partial charge in [0.15, 0.2) is 0 Å². The number of nitrogens with one attached hydrogen (secondary N) is 1. The van der Waals surface area contributed by atoms with E-state index in [-0.39, 0.29) is 6.10 Å². The molecular weight excluding hydrogens is 178 g/mol. The zero-order chi connectivity index (χ0) is 9.38. The van der Waals surface area contributed by atoms with E-state index in [2.05, 4.69) is 11.4 Å². The minimum Gasteiger partial charge on any atom is -0.485 e. The Morgan fingerprint density at radius 2 is 2.29 bits per heavy atom. The molecule has 3 nitrogen and oxygen atoms in total. The molecule has 0 unspecified atom stereocenters. The van der Waals surface area contributed by atoms with Crippen molar-refractivity contribution < 1.29 is 9.47 Å². The number of ether oxygens (including phenoxy) is 2. The van der Waals surface area contributed by atoms with Crippen LogP contribution >= 0.6 is 0 Å². The Morgan fingerprint density at radius 1 is 1.36 bits per heavy atom. The summed E-state index contributed by atoms with van der Waals surface area (Å²) in [5, 5.41) is 3.34. The summed E-state index contributed by atoms with van der Waals surface area (Å²) in [7, 11) is 0. The lowest BCUT2D eigenvalue weighted by Gasteiger charge is -2.27. The molecule has 2 aliphatic heterocycles. The third kappa shape index (κ3) is 1.24. The first kappa shape index (κ1) is 8.12. The lowest BCUT2D eigenvalue weighted by atomic mass is 10.1. The average Bonchev–Trinajstić information content (AvgIpc) is 2.59. The van der Waals surface area contributed by atoms with Gasteiger partial charge < -0.3 is 14.8 Å². The first-order valence-corrected chi connectivity index (χ1v) is 5.03. The van der Waals surface area contributed by atoms with Crippen molar-refractivity contribution in [1.82, 2.24) is 0 Å². The Kier molecular flexibility index (Phi) is 1.84. The van der Waals surface area contributed by atoms with E-state index >= 15 is 0 Å². The van der Waals surface area contributed by atoms with Crippen LogP contribution in [0.1, 0.15) is 5.56 Å². The lowest BCUT2D eigenvalue weighted by Crippen LogP contribution is -2.38. The maximum Gasteiger partial charge on any atom is 0.145 e. The molecule has 0 spiro atoms. The monoisotopic (exact) mass is 191 g/mol. The van der Waals surface area contributed by atoms with Gasteiger partial charge in [-0.15, -0.1) is 0 Å². The largest absolute Gasteiger partial charge is 0.485 e. The van der Waals surface area contributed by atoms with Crippen LogP contribution in [0.3, 0.4) is 0 Å². The highest BCUT2D eigenvalue weighted by Gasteiger charge is 2.23. The van der Waals surface area contributed by atoms with Gasteiger partial charge in [-0.2, -0.15) is 0 Å². The molecule has 0 saturated carbocycles. The van der Waals surface area contributed by atoms with Gasteiger partial charge in [0.25, 0.3) is 0 Å². The Bertz CT molecular complexity index is 347. The van der Waals surface area contributed by atoms with Gasteiger partial charge in [0.1, 0.15) is 11.9 Å². The summed E-state index contributed by atoms with van der Waals surface area (Å²) in [6.07, 6.45) is 1.33. The summed E-state index contributed by atoms with van der Waals surface area (Å²) in [6.45, 7) is 2.49. The normalized spacial score (nSPS) is 19.7. The minimum atomic E-state index is 0.266. The van der Waals surface area contributed by atoms with Gasteiger partial charge in [-0.3, -0.25) is 0 Å².